The minimum Gasteiger partial charge on any atom is -0.494 e. The fourth-order valence-electron chi connectivity index (χ4n) is 2.26. The summed E-state index contributed by atoms with van der Waals surface area (Å²) < 4.78 is 6.85. The molecule has 112 valence electrons. The van der Waals surface area contributed by atoms with E-state index in [0.717, 1.165) is 17.0 Å². The molecule has 21 heavy (non-hydrogen) atoms. The highest BCUT2D eigenvalue weighted by Gasteiger charge is 2.15. The lowest BCUT2D eigenvalue weighted by Gasteiger charge is -2.14. The van der Waals surface area contributed by atoms with E-state index >= 15 is 0 Å². The summed E-state index contributed by atoms with van der Waals surface area (Å²) >= 11 is 0. The predicted octanol–water partition coefficient (Wildman–Crippen LogP) is 2.02. The molecule has 0 aliphatic rings. The molecule has 0 saturated carbocycles. The first kappa shape index (κ1) is 15.3. The highest BCUT2D eigenvalue weighted by atomic mass is 16.5. The van der Waals surface area contributed by atoms with Crippen LogP contribution in [-0.2, 0) is 6.54 Å². The van der Waals surface area contributed by atoms with Gasteiger partial charge in [0.25, 0.3) is 5.56 Å². The third-order valence-electron chi connectivity index (χ3n) is 3.31. The van der Waals surface area contributed by atoms with Gasteiger partial charge in [0.2, 0.25) is 0 Å². The fraction of sp³-hybridized carbons (Fsp3) is 0.375. The Kier molecular flexibility index (Phi) is 4.75. The highest BCUT2D eigenvalue weighted by Crippen LogP contribution is 2.20. The molecule has 5 heteroatoms. The van der Waals surface area contributed by atoms with Gasteiger partial charge in [-0.2, -0.15) is 5.10 Å². The Morgan fingerprint density at radius 1 is 1.29 bits per heavy atom. The first-order valence-electron chi connectivity index (χ1n) is 7.13. The topological polar surface area (TPSA) is 70.1 Å². The van der Waals surface area contributed by atoms with Crippen LogP contribution in [0, 0.1) is 6.92 Å². The van der Waals surface area contributed by atoms with Crippen LogP contribution < -0.4 is 16.0 Å². The average Bonchev–Trinajstić information content (AvgIpc) is 2.49. The number of aryl methyl sites for hydroxylation is 2. The van der Waals surface area contributed by atoms with Gasteiger partial charge in [0, 0.05) is 12.1 Å². The van der Waals surface area contributed by atoms with Crippen molar-refractivity contribution in [3.63, 3.8) is 0 Å². The van der Waals surface area contributed by atoms with E-state index in [1.54, 1.807) is 6.07 Å². The Balaban J connectivity index is 2.37. The molecule has 2 rings (SSSR count). The normalized spacial score (nSPS) is 12.2. The first-order valence-corrected chi connectivity index (χ1v) is 7.13. The standard InChI is InChI=1S/C16H21N3O2/c1-4-19-16(20)14(10-11(3)18-19)15(17)12-6-8-13(9-7-12)21-5-2/h6-10,15H,4-5,17H2,1-3H3. The molecular formula is C16H21N3O2. The monoisotopic (exact) mass is 287 g/mol. The van der Waals surface area contributed by atoms with E-state index in [0.29, 0.717) is 18.7 Å². The largest absolute Gasteiger partial charge is 0.494 e. The minimum absolute atomic E-state index is 0.135. The molecule has 1 heterocycles. The molecule has 0 aliphatic carbocycles. The number of aromatic nitrogens is 2. The van der Waals surface area contributed by atoms with E-state index in [-0.39, 0.29) is 5.56 Å². The molecule has 0 radical (unpaired) electrons. The Morgan fingerprint density at radius 2 is 1.95 bits per heavy atom. The molecule has 0 saturated heterocycles. The summed E-state index contributed by atoms with van der Waals surface area (Å²) in [7, 11) is 0. The van der Waals surface area contributed by atoms with Crippen molar-refractivity contribution in [2.75, 3.05) is 6.61 Å². The number of nitrogens with two attached hydrogens (primary N) is 1. The van der Waals surface area contributed by atoms with Gasteiger partial charge >= 0.3 is 0 Å². The maximum atomic E-state index is 12.3. The van der Waals surface area contributed by atoms with Gasteiger partial charge in [0.1, 0.15) is 5.75 Å². The lowest BCUT2D eigenvalue weighted by atomic mass is 10.0. The van der Waals surface area contributed by atoms with E-state index < -0.39 is 6.04 Å². The second-order valence-corrected chi connectivity index (χ2v) is 4.84. The zero-order chi connectivity index (χ0) is 15.4. The summed E-state index contributed by atoms with van der Waals surface area (Å²) in [5.41, 5.74) is 8.34. The summed E-state index contributed by atoms with van der Waals surface area (Å²) in [4.78, 5) is 12.3. The van der Waals surface area contributed by atoms with Crippen molar-refractivity contribution in [3.05, 3.63) is 57.5 Å². The maximum Gasteiger partial charge on any atom is 0.271 e. The third-order valence-corrected chi connectivity index (χ3v) is 3.31. The number of benzene rings is 1. The molecule has 2 N–H and O–H groups in total. The van der Waals surface area contributed by atoms with Crippen molar-refractivity contribution >= 4 is 0 Å². The van der Waals surface area contributed by atoms with Gasteiger partial charge in [0.15, 0.2) is 0 Å². The molecule has 1 unspecified atom stereocenters. The molecule has 1 aromatic carbocycles. The van der Waals surface area contributed by atoms with Crippen LogP contribution in [0.25, 0.3) is 0 Å². The van der Waals surface area contributed by atoms with Crippen LogP contribution in [-0.4, -0.2) is 16.4 Å². The van der Waals surface area contributed by atoms with E-state index in [4.69, 9.17) is 10.5 Å². The van der Waals surface area contributed by atoms with Crippen LogP contribution >= 0.6 is 0 Å². The second kappa shape index (κ2) is 6.54. The molecular weight excluding hydrogens is 266 g/mol. The predicted molar refractivity (Wildman–Crippen MR) is 82.5 cm³/mol. The number of hydrogen-bond donors (Lipinski definition) is 1. The maximum absolute atomic E-state index is 12.3. The molecule has 5 nitrogen and oxygen atoms in total. The third kappa shape index (κ3) is 3.31. The van der Waals surface area contributed by atoms with Crippen molar-refractivity contribution in [1.29, 1.82) is 0 Å². The van der Waals surface area contributed by atoms with Crippen LogP contribution in [0.5, 0.6) is 5.75 Å². The van der Waals surface area contributed by atoms with E-state index in [1.807, 2.05) is 45.0 Å². The van der Waals surface area contributed by atoms with Crippen molar-refractivity contribution in [2.45, 2.75) is 33.4 Å². The summed E-state index contributed by atoms with van der Waals surface area (Å²) in [5.74, 6) is 0.797. The number of hydrogen-bond acceptors (Lipinski definition) is 4. The summed E-state index contributed by atoms with van der Waals surface area (Å²) in [6.45, 7) is 6.84. The van der Waals surface area contributed by atoms with E-state index in [1.165, 1.54) is 4.68 Å². The molecule has 0 amide bonds. The van der Waals surface area contributed by atoms with Crippen molar-refractivity contribution in [1.82, 2.24) is 9.78 Å². The Morgan fingerprint density at radius 3 is 2.52 bits per heavy atom. The number of ether oxygens (including phenoxy) is 1. The van der Waals surface area contributed by atoms with Gasteiger partial charge < -0.3 is 10.5 Å². The summed E-state index contributed by atoms with van der Waals surface area (Å²) in [5, 5.41) is 4.19. The van der Waals surface area contributed by atoms with Gasteiger partial charge in [-0.1, -0.05) is 12.1 Å². The van der Waals surface area contributed by atoms with Crippen LogP contribution in [0.3, 0.4) is 0 Å². The zero-order valence-corrected chi connectivity index (χ0v) is 12.7. The minimum atomic E-state index is -0.465. The molecule has 0 bridgehead atoms. The summed E-state index contributed by atoms with van der Waals surface area (Å²) in [6.07, 6.45) is 0. The van der Waals surface area contributed by atoms with Crippen LogP contribution in [0.4, 0.5) is 0 Å². The van der Waals surface area contributed by atoms with Gasteiger partial charge in [-0.3, -0.25) is 4.79 Å². The first-order chi connectivity index (χ1) is 10.1. The lowest BCUT2D eigenvalue weighted by Crippen LogP contribution is -2.30. The Bertz CT molecular complexity index is 662. The van der Waals surface area contributed by atoms with Crippen molar-refractivity contribution in [3.8, 4) is 5.75 Å². The fourth-order valence-corrected chi connectivity index (χ4v) is 2.26. The molecule has 1 aromatic heterocycles. The van der Waals surface area contributed by atoms with Crippen molar-refractivity contribution < 1.29 is 4.74 Å². The lowest BCUT2D eigenvalue weighted by molar-refractivity contribution is 0.340. The quantitative estimate of drug-likeness (QED) is 0.913. The SMILES string of the molecule is CCOc1ccc(C(N)c2cc(C)nn(CC)c2=O)cc1. The van der Waals surface area contributed by atoms with Gasteiger partial charge in [-0.05, 0) is 44.5 Å². The Hall–Kier alpha value is -2.14. The molecule has 0 aliphatic heterocycles. The molecule has 2 aromatic rings. The van der Waals surface area contributed by atoms with Crippen molar-refractivity contribution in [2.24, 2.45) is 5.73 Å². The van der Waals surface area contributed by atoms with Crippen LogP contribution in [0.1, 0.15) is 36.7 Å². The summed E-state index contributed by atoms with van der Waals surface area (Å²) in [6, 6.07) is 8.81. The van der Waals surface area contributed by atoms with Gasteiger partial charge in [-0.25, -0.2) is 4.68 Å². The number of nitrogens with zero attached hydrogens (tertiary/aromatic N) is 2. The zero-order valence-electron chi connectivity index (χ0n) is 12.7. The second-order valence-electron chi connectivity index (χ2n) is 4.84. The van der Waals surface area contributed by atoms with E-state index in [2.05, 4.69) is 5.10 Å². The van der Waals surface area contributed by atoms with Gasteiger partial charge in [-0.15, -0.1) is 0 Å². The average molecular weight is 287 g/mol. The Labute approximate surface area is 124 Å². The molecule has 0 fully saturated rings. The van der Waals surface area contributed by atoms with E-state index in [9.17, 15) is 4.79 Å². The molecule has 1 atom stereocenters. The highest BCUT2D eigenvalue weighted by molar-refractivity contribution is 5.34. The van der Waals surface area contributed by atoms with Crippen LogP contribution in [0.2, 0.25) is 0 Å². The smallest absolute Gasteiger partial charge is 0.271 e. The molecule has 0 spiro atoms. The van der Waals surface area contributed by atoms with Crippen LogP contribution in [0.15, 0.2) is 35.1 Å². The van der Waals surface area contributed by atoms with Gasteiger partial charge in [0.05, 0.1) is 18.3 Å². The number of rotatable bonds is 5.